The van der Waals surface area contributed by atoms with Crippen molar-refractivity contribution in [2.24, 2.45) is 0 Å². The summed E-state index contributed by atoms with van der Waals surface area (Å²) in [7, 11) is 0. The molecule has 0 aliphatic heterocycles. The molecule has 0 saturated heterocycles. The summed E-state index contributed by atoms with van der Waals surface area (Å²) in [6, 6.07) is 7.20. The average molecular weight is 365 g/mol. The summed E-state index contributed by atoms with van der Waals surface area (Å²) < 4.78 is 14.5. The maximum absolute atomic E-state index is 13.8. The van der Waals surface area contributed by atoms with E-state index in [0.717, 1.165) is 16.8 Å². The van der Waals surface area contributed by atoms with Gasteiger partial charge in [-0.25, -0.2) is 9.37 Å². The minimum Gasteiger partial charge on any atom is -0.245 e. The molecule has 21 heavy (non-hydrogen) atoms. The molecule has 0 spiro atoms. The molecule has 0 atom stereocenters. The lowest BCUT2D eigenvalue weighted by molar-refractivity contribution is 0.616. The zero-order valence-corrected chi connectivity index (χ0v) is 14.4. The van der Waals surface area contributed by atoms with Crippen LogP contribution in [0.15, 0.2) is 27.7 Å². The van der Waals surface area contributed by atoms with Crippen LogP contribution < -0.4 is 0 Å². The van der Waals surface area contributed by atoms with Crippen LogP contribution in [0, 0.1) is 37.9 Å². The maximum Gasteiger partial charge on any atom is 0.128 e. The van der Waals surface area contributed by atoms with E-state index < -0.39 is 0 Å². The van der Waals surface area contributed by atoms with Crippen LogP contribution in [0.2, 0.25) is 0 Å². The Bertz CT molecular complexity index is 738. The standard InChI is InChI=1S/C16H14BrFN2S/c1-9-10(2)14(7-19)16(20-11(9)3)21-8-12-4-5-13(17)6-15(12)18/h4-6H,8H2,1-3H3. The van der Waals surface area contributed by atoms with E-state index in [1.165, 1.54) is 17.8 Å². The number of aromatic nitrogens is 1. The zero-order chi connectivity index (χ0) is 15.6. The molecular formula is C16H14BrFN2S. The summed E-state index contributed by atoms with van der Waals surface area (Å²) in [5, 5.41) is 9.99. The summed E-state index contributed by atoms with van der Waals surface area (Å²) in [5.41, 5.74) is 4.07. The Kier molecular flexibility index (Phi) is 5.02. The van der Waals surface area contributed by atoms with Crippen molar-refractivity contribution in [1.82, 2.24) is 4.98 Å². The molecule has 0 fully saturated rings. The largest absolute Gasteiger partial charge is 0.245 e. The second kappa shape index (κ2) is 6.59. The van der Waals surface area contributed by atoms with Gasteiger partial charge in [0.25, 0.3) is 0 Å². The highest BCUT2D eigenvalue weighted by Crippen LogP contribution is 2.30. The summed E-state index contributed by atoms with van der Waals surface area (Å²) in [5.74, 6) is 0.193. The number of rotatable bonds is 3. The highest BCUT2D eigenvalue weighted by atomic mass is 79.9. The number of thioether (sulfide) groups is 1. The minimum absolute atomic E-state index is 0.254. The van der Waals surface area contributed by atoms with Crippen LogP contribution >= 0.6 is 27.7 Å². The molecule has 0 unspecified atom stereocenters. The van der Waals surface area contributed by atoms with E-state index in [0.29, 0.717) is 26.4 Å². The van der Waals surface area contributed by atoms with Gasteiger partial charge in [0, 0.05) is 15.9 Å². The van der Waals surface area contributed by atoms with Crippen molar-refractivity contribution in [3.8, 4) is 6.07 Å². The van der Waals surface area contributed by atoms with Crippen LogP contribution in [-0.2, 0) is 5.75 Å². The van der Waals surface area contributed by atoms with Crippen molar-refractivity contribution in [3.63, 3.8) is 0 Å². The van der Waals surface area contributed by atoms with Crippen molar-refractivity contribution in [2.45, 2.75) is 31.6 Å². The molecule has 0 aliphatic carbocycles. The normalized spacial score (nSPS) is 10.5. The summed E-state index contributed by atoms with van der Waals surface area (Å²) >= 11 is 4.63. The third-order valence-corrected chi connectivity index (χ3v) is 4.97. The van der Waals surface area contributed by atoms with Gasteiger partial charge in [0.05, 0.1) is 5.56 Å². The molecule has 1 aromatic carbocycles. The lowest BCUT2D eigenvalue weighted by Crippen LogP contribution is -1.99. The second-order valence-corrected chi connectivity index (χ2v) is 6.64. The SMILES string of the molecule is Cc1nc(SCc2ccc(Br)cc2F)c(C#N)c(C)c1C. The first-order chi connectivity index (χ1) is 9.93. The van der Waals surface area contributed by atoms with Crippen LogP contribution in [-0.4, -0.2) is 4.98 Å². The van der Waals surface area contributed by atoms with E-state index >= 15 is 0 Å². The monoisotopic (exact) mass is 364 g/mol. The van der Waals surface area contributed by atoms with Crippen molar-refractivity contribution in [2.75, 3.05) is 0 Å². The molecule has 0 radical (unpaired) electrons. The number of nitrogens with zero attached hydrogens (tertiary/aromatic N) is 2. The number of nitriles is 1. The zero-order valence-electron chi connectivity index (χ0n) is 12.0. The lowest BCUT2D eigenvalue weighted by Gasteiger charge is -2.11. The van der Waals surface area contributed by atoms with Crippen molar-refractivity contribution < 1.29 is 4.39 Å². The number of hydrogen-bond donors (Lipinski definition) is 0. The molecule has 1 aromatic heterocycles. The molecule has 1 heterocycles. The first kappa shape index (κ1) is 16.0. The van der Waals surface area contributed by atoms with E-state index in [-0.39, 0.29) is 5.82 Å². The summed E-state index contributed by atoms with van der Waals surface area (Å²) in [6.45, 7) is 5.81. The van der Waals surface area contributed by atoms with Gasteiger partial charge in [-0.2, -0.15) is 5.26 Å². The molecule has 108 valence electrons. The van der Waals surface area contributed by atoms with Crippen LogP contribution in [0.5, 0.6) is 0 Å². The first-order valence-electron chi connectivity index (χ1n) is 6.38. The fraction of sp³-hybridized carbons (Fsp3) is 0.250. The van der Waals surface area contributed by atoms with Crippen LogP contribution in [0.25, 0.3) is 0 Å². The minimum atomic E-state index is -0.254. The molecule has 0 saturated carbocycles. The van der Waals surface area contributed by atoms with E-state index in [1.807, 2.05) is 26.8 Å². The fourth-order valence-corrected chi connectivity index (χ4v) is 3.34. The van der Waals surface area contributed by atoms with Gasteiger partial charge in [-0.1, -0.05) is 22.0 Å². The Hall–Kier alpha value is -1.38. The average Bonchev–Trinajstić information content (AvgIpc) is 2.44. The number of pyridine rings is 1. The fourth-order valence-electron chi connectivity index (χ4n) is 1.93. The van der Waals surface area contributed by atoms with E-state index in [4.69, 9.17) is 0 Å². The number of aryl methyl sites for hydroxylation is 1. The van der Waals surface area contributed by atoms with Crippen molar-refractivity contribution in [3.05, 3.63) is 56.4 Å². The molecule has 5 heteroatoms. The lowest BCUT2D eigenvalue weighted by atomic mass is 10.1. The molecule has 0 aliphatic rings. The highest BCUT2D eigenvalue weighted by Gasteiger charge is 2.13. The van der Waals surface area contributed by atoms with Gasteiger partial charge < -0.3 is 0 Å². The van der Waals surface area contributed by atoms with Gasteiger partial charge in [0.15, 0.2) is 0 Å². The van der Waals surface area contributed by atoms with E-state index in [2.05, 4.69) is 27.0 Å². The smallest absolute Gasteiger partial charge is 0.128 e. The molecule has 0 bridgehead atoms. The van der Waals surface area contributed by atoms with Crippen molar-refractivity contribution >= 4 is 27.7 Å². The predicted molar refractivity (Wildman–Crippen MR) is 86.8 cm³/mol. The maximum atomic E-state index is 13.8. The van der Waals surface area contributed by atoms with Gasteiger partial charge in [-0.15, -0.1) is 11.8 Å². The van der Waals surface area contributed by atoms with Gasteiger partial charge in [-0.05, 0) is 49.6 Å². The molecular weight excluding hydrogens is 351 g/mol. The van der Waals surface area contributed by atoms with Gasteiger partial charge >= 0.3 is 0 Å². The molecule has 2 aromatic rings. The number of halogens is 2. The third-order valence-electron chi connectivity index (χ3n) is 3.45. The second-order valence-electron chi connectivity index (χ2n) is 4.76. The van der Waals surface area contributed by atoms with Gasteiger partial charge in [0.2, 0.25) is 0 Å². The quantitative estimate of drug-likeness (QED) is 0.713. The summed E-state index contributed by atoms with van der Waals surface area (Å²) in [6.07, 6.45) is 0. The van der Waals surface area contributed by atoms with Gasteiger partial charge in [-0.3, -0.25) is 0 Å². The number of benzene rings is 1. The van der Waals surface area contributed by atoms with Crippen molar-refractivity contribution in [1.29, 1.82) is 5.26 Å². The Morgan fingerprint density at radius 1 is 1.29 bits per heavy atom. The molecule has 2 rings (SSSR count). The topological polar surface area (TPSA) is 36.7 Å². The molecule has 2 nitrogen and oxygen atoms in total. The van der Waals surface area contributed by atoms with Gasteiger partial charge in [0.1, 0.15) is 16.9 Å². The molecule has 0 amide bonds. The Morgan fingerprint density at radius 2 is 2.00 bits per heavy atom. The Balaban J connectivity index is 2.30. The number of hydrogen-bond acceptors (Lipinski definition) is 3. The Labute approximate surface area is 136 Å². The first-order valence-corrected chi connectivity index (χ1v) is 8.16. The highest BCUT2D eigenvalue weighted by molar-refractivity contribution is 9.10. The van der Waals surface area contributed by atoms with Crippen LogP contribution in [0.4, 0.5) is 4.39 Å². The third kappa shape index (κ3) is 3.45. The van der Waals surface area contributed by atoms with Crippen LogP contribution in [0.1, 0.15) is 27.9 Å². The summed E-state index contributed by atoms with van der Waals surface area (Å²) in [4.78, 5) is 4.48. The van der Waals surface area contributed by atoms with E-state index in [9.17, 15) is 9.65 Å². The van der Waals surface area contributed by atoms with E-state index in [1.54, 1.807) is 6.07 Å². The Morgan fingerprint density at radius 3 is 2.62 bits per heavy atom. The van der Waals surface area contributed by atoms with Crippen LogP contribution in [0.3, 0.4) is 0 Å². The predicted octanol–water partition coefficient (Wildman–Crippen LogP) is 5.07. The molecule has 0 N–H and O–H groups in total.